The molecule has 1 fully saturated rings. The van der Waals surface area contributed by atoms with Crippen molar-refractivity contribution in [2.45, 2.75) is 37.8 Å². The first-order valence-electron chi connectivity index (χ1n) is 6.98. The second-order valence-electron chi connectivity index (χ2n) is 5.23. The number of hydrogen-bond donors (Lipinski definition) is 1. The molecule has 1 aliphatic rings. The zero-order valence-electron chi connectivity index (χ0n) is 11.7. The van der Waals surface area contributed by atoms with Crippen LogP contribution in [-0.2, 0) is 11.3 Å². The molecule has 21 heavy (non-hydrogen) atoms. The highest BCUT2D eigenvalue weighted by Gasteiger charge is 2.42. The number of halogens is 2. The van der Waals surface area contributed by atoms with E-state index < -0.39 is 24.6 Å². The topological polar surface area (TPSA) is 49.8 Å². The number of aliphatic hydroxyl groups is 1. The predicted molar refractivity (Wildman–Crippen MR) is 73.0 cm³/mol. The first-order chi connectivity index (χ1) is 10.0. The summed E-state index contributed by atoms with van der Waals surface area (Å²) in [6.45, 7) is -0.739. The van der Waals surface area contributed by atoms with Gasteiger partial charge in [0.15, 0.2) is 0 Å². The molecule has 1 saturated heterocycles. The quantitative estimate of drug-likeness (QED) is 0.930. The van der Waals surface area contributed by atoms with Crippen LogP contribution in [0.15, 0.2) is 30.3 Å². The standard InChI is InChI=1S/C15H19F2NO3/c16-15(17)8-6-13(7-9-19)18(11-15)14(20)21-10-12-4-2-1-3-5-12/h1-5,13,19H,6-11H2. The Bertz CT molecular complexity index is 467. The Labute approximate surface area is 122 Å². The monoisotopic (exact) mass is 299 g/mol. The van der Waals surface area contributed by atoms with Gasteiger partial charge in [0, 0.05) is 19.1 Å². The average molecular weight is 299 g/mol. The largest absolute Gasteiger partial charge is 0.445 e. The lowest BCUT2D eigenvalue weighted by atomic mass is 9.97. The molecule has 1 unspecified atom stereocenters. The smallest absolute Gasteiger partial charge is 0.410 e. The fourth-order valence-corrected chi connectivity index (χ4v) is 2.46. The van der Waals surface area contributed by atoms with Crippen molar-refractivity contribution >= 4 is 6.09 Å². The minimum atomic E-state index is -2.89. The first kappa shape index (κ1) is 15.7. The van der Waals surface area contributed by atoms with Gasteiger partial charge in [-0.2, -0.15) is 0 Å². The molecule has 1 atom stereocenters. The van der Waals surface area contributed by atoms with E-state index in [9.17, 15) is 13.6 Å². The summed E-state index contributed by atoms with van der Waals surface area (Å²) in [5.41, 5.74) is 0.799. The lowest BCUT2D eigenvalue weighted by Gasteiger charge is -2.38. The Morgan fingerprint density at radius 2 is 2.10 bits per heavy atom. The van der Waals surface area contributed by atoms with Gasteiger partial charge in [-0.15, -0.1) is 0 Å². The zero-order chi connectivity index (χ0) is 15.3. The molecule has 1 aliphatic heterocycles. The number of benzene rings is 1. The first-order valence-corrected chi connectivity index (χ1v) is 6.98. The molecule has 1 heterocycles. The molecular weight excluding hydrogens is 280 g/mol. The molecular formula is C15H19F2NO3. The third kappa shape index (κ3) is 4.39. The number of alkyl halides is 2. The molecule has 4 nitrogen and oxygen atoms in total. The highest BCUT2D eigenvalue weighted by atomic mass is 19.3. The molecule has 2 rings (SSSR count). The SMILES string of the molecule is O=C(OCc1ccccc1)N1CC(F)(F)CCC1CCO. The van der Waals surface area contributed by atoms with E-state index in [0.717, 1.165) is 10.5 Å². The fraction of sp³-hybridized carbons (Fsp3) is 0.533. The molecule has 0 aromatic heterocycles. The number of carbonyl (C=O) groups excluding carboxylic acids is 1. The summed E-state index contributed by atoms with van der Waals surface area (Å²) in [5.74, 6) is -2.89. The van der Waals surface area contributed by atoms with E-state index in [1.807, 2.05) is 18.2 Å². The Balaban J connectivity index is 1.96. The molecule has 0 saturated carbocycles. The van der Waals surface area contributed by atoms with Crippen LogP contribution in [0.1, 0.15) is 24.8 Å². The Kier molecular flexibility index (Phi) is 5.12. The van der Waals surface area contributed by atoms with E-state index in [1.165, 1.54) is 0 Å². The van der Waals surface area contributed by atoms with Gasteiger partial charge in [-0.3, -0.25) is 4.90 Å². The summed E-state index contributed by atoms with van der Waals surface area (Å²) in [6.07, 6.45) is -0.554. The average Bonchev–Trinajstić information content (AvgIpc) is 2.47. The van der Waals surface area contributed by atoms with Gasteiger partial charge in [0.1, 0.15) is 6.61 Å². The van der Waals surface area contributed by atoms with Gasteiger partial charge in [0.05, 0.1) is 6.54 Å². The normalized spacial score (nSPS) is 21.1. The van der Waals surface area contributed by atoms with Crippen molar-refractivity contribution in [1.29, 1.82) is 0 Å². The Morgan fingerprint density at radius 1 is 1.38 bits per heavy atom. The maximum Gasteiger partial charge on any atom is 0.410 e. The van der Waals surface area contributed by atoms with Crippen LogP contribution in [0.25, 0.3) is 0 Å². The number of carbonyl (C=O) groups is 1. The van der Waals surface area contributed by atoms with Gasteiger partial charge in [-0.25, -0.2) is 13.6 Å². The molecule has 0 aliphatic carbocycles. The summed E-state index contributed by atoms with van der Waals surface area (Å²) >= 11 is 0. The van der Waals surface area contributed by atoms with E-state index in [-0.39, 0.29) is 32.5 Å². The molecule has 1 aromatic carbocycles. The maximum absolute atomic E-state index is 13.5. The second-order valence-corrected chi connectivity index (χ2v) is 5.23. The van der Waals surface area contributed by atoms with Crippen LogP contribution in [-0.4, -0.2) is 41.2 Å². The van der Waals surface area contributed by atoms with Crippen molar-refractivity contribution in [1.82, 2.24) is 4.90 Å². The summed E-state index contributed by atoms with van der Waals surface area (Å²) in [5, 5.41) is 8.99. The van der Waals surface area contributed by atoms with Crippen LogP contribution >= 0.6 is 0 Å². The summed E-state index contributed by atoms with van der Waals surface area (Å²) < 4.78 is 32.1. The molecule has 0 spiro atoms. The van der Waals surface area contributed by atoms with Gasteiger partial charge in [-0.1, -0.05) is 30.3 Å². The van der Waals surface area contributed by atoms with Gasteiger partial charge in [0.25, 0.3) is 5.92 Å². The van der Waals surface area contributed by atoms with Crippen LogP contribution < -0.4 is 0 Å². The fourth-order valence-electron chi connectivity index (χ4n) is 2.46. The van der Waals surface area contributed by atoms with Crippen molar-refractivity contribution in [2.24, 2.45) is 0 Å². The number of likely N-dealkylation sites (tertiary alicyclic amines) is 1. The Morgan fingerprint density at radius 3 is 2.76 bits per heavy atom. The van der Waals surface area contributed by atoms with E-state index in [4.69, 9.17) is 9.84 Å². The molecule has 0 radical (unpaired) electrons. The molecule has 1 N–H and O–H groups in total. The summed E-state index contributed by atoms with van der Waals surface area (Å²) in [6, 6.07) is 8.66. The van der Waals surface area contributed by atoms with Crippen LogP contribution in [0.3, 0.4) is 0 Å². The van der Waals surface area contributed by atoms with Crippen molar-refractivity contribution in [3.05, 3.63) is 35.9 Å². The van der Waals surface area contributed by atoms with Crippen molar-refractivity contribution < 1.29 is 23.4 Å². The number of aliphatic hydroxyl groups excluding tert-OH is 1. The summed E-state index contributed by atoms with van der Waals surface area (Å²) in [7, 11) is 0. The van der Waals surface area contributed by atoms with Gasteiger partial charge in [-0.05, 0) is 18.4 Å². The highest BCUT2D eigenvalue weighted by Crippen LogP contribution is 2.31. The van der Waals surface area contributed by atoms with Gasteiger partial charge < -0.3 is 9.84 Å². The zero-order valence-corrected chi connectivity index (χ0v) is 11.7. The minimum absolute atomic E-state index is 0.0492. The molecule has 1 amide bonds. The minimum Gasteiger partial charge on any atom is -0.445 e. The summed E-state index contributed by atoms with van der Waals surface area (Å²) in [4.78, 5) is 13.1. The lowest BCUT2D eigenvalue weighted by molar-refractivity contribution is -0.0805. The predicted octanol–water partition coefficient (Wildman–Crippen LogP) is 2.81. The Hall–Kier alpha value is -1.69. The highest BCUT2D eigenvalue weighted by molar-refractivity contribution is 5.68. The number of ether oxygens (including phenoxy) is 1. The third-order valence-corrected chi connectivity index (χ3v) is 3.59. The molecule has 6 heteroatoms. The van der Waals surface area contributed by atoms with Gasteiger partial charge >= 0.3 is 6.09 Å². The van der Waals surface area contributed by atoms with Crippen LogP contribution in [0.2, 0.25) is 0 Å². The van der Waals surface area contributed by atoms with E-state index >= 15 is 0 Å². The maximum atomic E-state index is 13.5. The van der Waals surface area contributed by atoms with Crippen LogP contribution in [0.4, 0.5) is 13.6 Å². The van der Waals surface area contributed by atoms with E-state index in [1.54, 1.807) is 12.1 Å². The number of hydrogen-bond acceptors (Lipinski definition) is 3. The van der Waals surface area contributed by atoms with Crippen LogP contribution in [0.5, 0.6) is 0 Å². The number of piperidine rings is 1. The molecule has 1 aromatic rings. The van der Waals surface area contributed by atoms with Crippen molar-refractivity contribution in [2.75, 3.05) is 13.2 Å². The molecule has 0 bridgehead atoms. The lowest BCUT2D eigenvalue weighted by Crippen LogP contribution is -2.51. The van der Waals surface area contributed by atoms with E-state index in [0.29, 0.717) is 0 Å². The second kappa shape index (κ2) is 6.85. The van der Waals surface area contributed by atoms with Crippen molar-refractivity contribution in [3.8, 4) is 0 Å². The van der Waals surface area contributed by atoms with Crippen LogP contribution in [0, 0.1) is 0 Å². The van der Waals surface area contributed by atoms with E-state index in [2.05, 4.69) is 0 Å². The third-order valence-electron chi connectivity index (χ3n) is 3.59. The number of amides is 1. The molecule has 116 valence electrons. The number of rotatable bonds is 4. The van der Waals surface area contributed by atoms with Crippen molar-refractivity contribution in [3.63, 3.8) is 0 Å². The van der Waals surface area contributed by atoms with Gasteiger partial charge in [0.2, 0.25) is 0 Å². The number of nitrogens with zero attached hydrogens (tertiary/aromatic N) is 1.